The minimum absolute atomic E-state index is 0.106. The zero-order valence-corrected chi connectivity index (χ0v) is 12.4. The summed E-state index contributed by atoms with van der Waals surface area (Å²) in [6.45, 7) is 7.21. The van der Waals surface area contributed by atoms with Crippen molar-refractivity contribution in [3.8, 4) is 0 Å². The van der Waals surface area contributed by atoms with Gasteiger partial charge in [-0.3, -0.25) is 0 Å². The SMILES string of the molecule is CC(C)(C)c1ccccc1NNc1ccc(CN)cc1. The molecule has 0 spiro atoms. The van der Waals surface area contributed by atoms with Gasteiger partial charge in [0.15, 0.2) is 0 Å². The standard InChI is InChI=1S/C17H23N3/c1-17(2,3)15-6-4-5-7-16(15)20-19-14-10-8-13(12-18)9-11-14/h4-11,19-20H,12,18H2,1-3H3. The van der Waals surface area contributed by atoms with Crippen molar-refractivity contribution in [2.24, 2.45) is 5.73 Å². The molecule has 2 rings (SSSR count). The maximum absolute atomic E-state index is 5.60. The lowest BCUT2D eigenvalue weighted by Gasteiger charge is -2.23. The highest BCUT2D eigenvalue weighted by Gasteiger charge is 2.17. The monoisotopic (exact) mass is 269 g/mol. The quantitative estimate of drug-likeness (QED) is 0.738. The molecular weight excluding hydrogens is 246 g/mol. The van der Waals surface area contributed by atoms with Crippen molar-refractivity contribution in [2.75, 3.05) is 10.9 Å². The molecule has 0 aliphatic carbocycles. The Morgan fingerprint density at radius 2 is 1.55 bits per heavy atom. The summed E-state index contributed by atoms with van der Waals surface area (Å²) in [6, 6.07) is 16.4. The molecule has 3 heteroatoms. The number of nitrogens with two attached hydrogens (primary N) is 1. The van der Waals surface area contributed by atoms with Crippen LogP contribution in [0, 0.1) is 0 Å². The molecule has 0 heterocycles. The predicted molar refractivity (Wildman–Crippen MR) is 86.7 cm³/mol. The molecule has 0 saturated heterocycles. The Morgan fingerprint density at radius 3 is 2.15 bits per heavy atom. The van der Waals surface area contributed by atoms with E-state index in [2.05, 4.69) is 49.8 Å². The molecule has 3 nitrogen and oxygen atoms in total. The largest absolute Gasteiger partial charge is 0.326 e. The Balaban J connectivity index is 2.10. The number of nitrogens with one attached hydrogen (secondary N) is 2. The topological polar surface area (TPSA) is 50.1 Å². The lowest BCUT2D eigenvalue weighted by molar-refractivity contribution is 0.592. The van der Waals surface area contributed by atoms with E-state index in [1.165, 1.54) is 5.56 Å². The first-order chi connectivity index (χ1) is 9.50. The van der Waals surface area contributed by atoms with Gasteiger partial charge < -0.3 is 16.6 Å². The molecule has 0 unspecified atom stereocenters. The minimum atomic E-state index is 0.106. The second kappa shape index (κ2) is 5.97. The van der Waals surface area contributed by atoms with Gasteiger partial charge in [-0.2, -0.15) is 0 Å². The van der Waals surface area contributed by atoms with Crippen molar-refractivity contribution in [3.05, 3.63) is 59.7 Å². The molecular formula is C17H23N3. The number of hydrazine groups is 1. The number of hydrogen-bond donors (Lipinski definition) is 3. The van der Waals surface area contributed by atoms with Crippen LogP contribution in [0.2, 0.25) is 0 Å². The average molecular weight is 269 g/mol. The van der Waals surface area contributed by atoms with Crippen molar-refractivity contribution < 1.29 is 0 Å². The molecule has 0 fully saturated rings. The fraction of sp³-hybridized carbons (Fsp3) is 0.294. The molecule has 2 aromatic carbocycles. The van der Waals surface area contributed by atoms with E-state index in [1.807, 2.05) is 30.3 Å². The summed E-state index contributed by atoms with van der Waals surface area (Å²) in [5.41, 5.74) is 16.8. The van der Waals surface area contributed by atoms with Crippen LogP contribution in [0.5, 0.6) is 0 Å². The fourth-order valence-electron chi connectivity index (χ4n) is 2.11. The Hall–Kier alpha value is -2.00. The summed E-state index contributed by atoms with van der Waals surface area (Å²) < 4.78 is 0. The lowest BCUT2D eigenvalue weighted by Crippen LogP contribution is -2.17. The van der Waals surface area contributed by atoms with Crippen LogP contribution in [0.25, 0.3) is 0 Å². The van der Waals surface area contributed by atoms with Crippen LogP contribution < -0.4 is 16.6 Å². The zero-order valence-electron chi connectivity index (χ0n) is 12.4. The number of rotatable bonds is 4. The summed E-state index contributed by atoms with van der Waals surface area (Å²) in [7, 11) is 0. The second-order valence-electron chi connectivity index (χ2n) is 5.95. The van der Waals surface area contributed by atoms with Crippen LogP contribution in [0.15, 0.2) is 48.5 Å². The van der Waals surface area contributed by atoms with Gasteiger partial charge in [0.25, 0.3) is 0 Å². The van der Waals surface area contributed by atoms with Crippen LogP contribution in [-0.2, 0) is 12.0 Å². The van der Waals surface area contributed by atoms with Crippen molar-refractivity contribution in [2.45, 2.75) is 32.7 Å². The third-order valence-corrected chi connectivity index (χ3v) is 3.27. The highest BCUT2D eigenvalue weighted by atomic mass is 15.4. The molecule has 20 heavy (non-hydrogen) atoms. The molecule has 4 N–H and O–H groups in total. The van der Waals surface area contributed by atoms with Crippen LogP contribution in [0.3, 0.4) is 0 Å². The Bertz CT molecular complexity index is 553. The van der Waals surface area contributed by atoms with Gasteiger partial charge in [-0.1, -0.05) is 51.1 Å². The number of benzene rings is 2. The second-order valence-corrected chi connectivity index (χ2v) is 5.95. The highest BCUT2D eigenvalue weighted by Crippen LogP contribution is 2.29. The number of anilines is 2. The van der Waals surface area contributed by atoms with E-state index >= 15 is 0 Å². The van der Waals surface area contributed by atoms with E-state index < -0.39 is 0 Å². The fourth-order valence-corrected chi connectivity index (χ4v) is 2.11. The smallest absolute Gasteiger partial charge is 0.0577 e. The summed E-state index contributed by atoms with van der Waals surface area (Å²) in [5, 5.41) is 0. The summed E-state index contributed by atoms with van der Waals surface area (Å²) in [4.78, 5) is 0. The van der Waals surface area contributed by atoms with E-state index in [9.17, 15) is 0 Å². The summed E-state index contributed by atoms with van der Waals surface area (Å²) in [6.07, 6.45) is 0. The zero-order chi connectivity index (χ0) is 14.6. The molecule has 0 aliphatic rings. The van der Waals surface area contributed by atoms with Gasteiger partial charge in [-0.05, 0) is 34.7 Å². The van der Waals surface area contributed by atoms with Crippen molar-refractivity contribution >= 4 is 11.4 Å². The van der Waals surface area contributed by atoms with Gasteiger partial charge in [0, 0.05) is 6.54 Å². The van der Waals surface area contributed by atoms with Gasteiger partial charge in [-0.15, -0.1) is 0 Å². The third kappa shape index (κ3) is 3.52. The first-order valence-electron chi connectivity index (χ1n) is 6.91. The Labute approximate surface area is 121 Å². The molecule has 0 saturated carbocycles. The predicted octanol–water partition coefficient (Wildman–Crippen LogP) is 3.88. The first kappa shape index (κ1) is 14.4. The van der Waals surface area contributed by atoms with Gasteiger partial charge in [-0.25, -0.2) is 0 Å². The van der Waals surface area contributed by atoms with E-state index in [0.717, 1.165) is 16.9 Å². The minimum Gasteiger partial charge on any atom is -0.326 e. The van der Waals surface area contributed by atoms with Crippen molar-refractivity contribution in [3.63, 3.8) is 0 Å². The molecule has 106 valence electrons. The first-order valence-corrected chi connectivity index (χ1v) is 6.91. The lowest BCUT2D eigenvalue weighted by atomic mass is 9.86. The summed E-state index contributed by atoms with van der Waals surface area (Å²) in [5.74, 6) is 0. The van der Waals surface area contributed by atoms with Crippen LogP contribution >= 0.6 is 0 Å². The normalized spacial score (nSPS) is 11.2. The van der Waals surface area contributed by atoms with Crippen molar-refractivity contribution in [1.82, 2.24) is 0 Å². The van der Waals surface area contributed by atoms with Crippen molar-refractivity contribution in [1.29, 1.82) is 0 Å². The van der Waals surface area contributed by atoms with Gasteiger partial charge >= 0.3 is 0 Å². The molecule has 0 bridgehead atoms. The maximum Gasteiger partial charge on any atom is 0.0577 e. The Kier molecular flexibility index (Phi) is 4.30. The highest BCUT2D eigenvalue weighted by molar-refractivity contribution is 5.58. The number of para-hydroxylation sites is 1. The molecule has 0 amide bonds. The van der Waals surface area contributed by atoms with E-state index in [0.29, 0.717) is 6.54 Å². The molecule has 0 atom stereocenters. The van der Waals surface area contributed by atoms with Gasteiger partial charge in [0.2, 0.25) is 0 Å². The van der Waals surface area contributed by atoms with Gasteiger partial charge in [0.1, 0.15) is 0 Å². The third-order valence-electron chi connectivity index (χ3n) is 3.27. The Morgan fingerprint density at radius 1 is 0.900 bits per heavy atom. The maximum atomic E-state index is 5.60. The van der Waals surface area contributed by atoms with Gasteiger partial charge in [0.05, 0.1) is 11.4 Å². The summed E-state index contributed by atoms with van der Waals surface area (Å²) >= 11 is 0. The van der Waals surface area contributed by atoms with Crippen LogP contribution in [0.1, 0.15) is 31.9 Å². The molecule has 0 aromatic heterocycles. The van der Waals surface area contributed by atoms with Crippen LogP contribution in [-0.4, -0.2) is 0 Å². The molecule has 0 radical (unpaired) electrons. The average Bonchev–Trinajstić information content (AvgIpc) is 2.45. The molecule has 2 aromatic rings. The van der Waals surface area contributed by atoms with E-state index in [-0.39, 0.29) is 5.41 Å². The van der Waals surface area contributed by atoms with E-state index in [1.54, 1.807) is 0 Å². The molecule has 0 aliphatic heterocycles. The van der Waals surface area contributed by atoms with E-state index in [4.69, 9.17) is 5.73 Å². The number of hydrogen-bond acceptors (Lipinski definition) is 3. The van der Waals surface area contributed by atoms with Crippen LogP contribution in [0.4, 0.5) is 11.4 Å².